The second kappa shape index (κ2) is 9.52. The SMILES string of the molecule is Cc1ccc(C(C)NC(=O)COC(=O)CSc2cnc3ccccc3n2)cc1C. The molecule has 0 saturated carbocycles. The lowest BCUT2D eigenvalue weighted by Gasteiger charge is -2.15. The molecule has 150 valence electrons. The third kappa shape index (κ3) is 5.77. The van der Waals surface area contributed by atoms with Crippen LogP contribution in [0.2, 0.25) is 0 Å². The van der Waals surface area contributed by atoms with E-state index in [0.717, 1.165) is 16.6 Å². The largest absolute Gasteiger partial charge is 0.455 e. The maximum atomic E-state index is 12.1. The molecule has 7 heteroatoms. The first-order valence-corrected chi connectivity index (χ1v) is 10.3. The molecule has 1 aromatic heterocycles. The number of rotatable bonds is 7. The molecule has 3 rings (SSSR count). The number of hydrogen-bond donors (Lipinski definition) is 1. The number of ether oxygens (including phenoxy) is 1. The third-order valence-corrected chi connectivity index (χ3v) is 5.41. The fourth-order valence-electron chi connectivity index (χ4n) is 2.73. The van der Waals surface area contributed by atoms with Crippen LogP contribution < -0.4 is 5.32 Å². The topological polar surface area (TPSA) is 81.2 Å². The monoisotopic (exact) mass is 409 g/mol. The Morgan fingerprint density at radius 1 is 1.10 bits per heavy atom. The van der Waals surface area contributed by atoms with Gasteiger partial charge in [-0.1, -0.05) is 42.1 Å². The van der Waals surface area contributed by atoms with Crippen molar-refractivity contribution >= 4 is 34.7 Å². The number of para-hydroxylation sites is 2. The molecule has 1 atom stereocenters. The van der Waals surface area contributed by atoms with Gasteiger partial charge >= 0.3 is 5.97 Å². The Hall–Kier alpha value is -2.93. The van der Waals surface area contributed by atoms with Crippen molar-refractivity contribution in [3.63, 3.8) is 0 Å². The molecule has 3 aromatic rings. The molecule has 1 heterocycles. The van der Waals surface area contributed by atoms with Crippen molar-refractivity contribution in [1.82, 2.24) is 15.3 Å². The summed E-state index contributed by atoms with van der Waals surface area (Å²) in [5, 5.41) is 3.48. The summed E-state index contributed by atoms with van der Waals surface area (Å²) < 4.78 is 5.07. The lowest BCUT2D eigenvalue weighted by atomic mass is 10.0. The van der Waals surface area contributed by atoms with Crippen LogP contribution in [0.1, 0.15) is 29.7 Å². The molecule has 0 radical (unpaired) electrons. The summed E-state index contributed by atoms with van der Waals surface area (Å²) in [4.78, 5) is 32.8. The van der Waals surface area contributed by atoms with Crippen molar-refractivity contribution in [1.29, 1.82) is 0 Å². The molecule has 0 fully saturated rings. The maximum Gasteiger partial charge on any atom is 0.316 e. The standard InChI is InChI=1S/C22H23N3O3S/c1-14-8-9-17(10-15(14)2)16(3)24-20(26)12-28-22(27)13-29-21-11-23-18-6-4-5-7-19(18)25-21/h4-11,16H,12-13H2,1-3H3,(H,24,26). The molecule has 0 aliphatic carbocycles. The zero-order valence-corrected chi connectivity index (χ0v) is 17.5. The summed E-state index contributed by atoms with van der Waals surface area (Å²) in [6.45, 7) is 5.67. The first kappa shape index (κ1) is 20.8. The summed E-state index contributed by atoms with van der Waals surface area (Å²) in [5.41, 5.74) is 4.96. The van der Waals surface area contributed by atoms with Gasteiger partial charge in [-0.15, -0.1) is 0 Å². The average molecular weight is 410 g/mol. The molecule has 1 unspecified atom stereocenters. The number of fused-ring (bicyclic) bond motifs is 1. The van der Waals surface area contributed by atoms with Gasteiger partial charge < -0.3 is 10.1 Å². The summed E-state index contributed by atoms with van der Waals surface area (Å²) in [6, 6.07) is 13.4. The van der Waals surface area contributed by atoms with E-state index in [-0.39, 0.29) is 24.3 Å². The van der Waals surface area contributed by atoms with Crippen LogP contribution in [0.3, 0.4) is 0 Å². The van der Waals surface area contributed by atoms with Crippen molar-refractivity contribution in [2.24, 2.45) is 0 Å². The van der Waals surface area contributed by atoms with Gasteiger partial charge in [0.05, 0.1) is 29.0 Å². The Balaban J connectivity index is 1.44. The number of aromatic nitrogens is 2. The second-order valence-corrected chi connectivity index (χ2v) is 7.77. The van der Waals surface area contributed by atoms with Gasteiger partial charge in [0.1, 0.15) is 5.03 Å². The third-order valence-electron chi connectivity index (χ3n) is 4.54. The number of amides is 1. The van der Waals surface area contributed by atoms with Crippen molar-refractivity contribution in [3.05, 3.63) is 65.4 Å². The minimum absolute atomic E-state index is 0.0625. The van der Waals surface area contributed by atoms with Crippen LogP contribution in [-0.2, 0) is 14.3 Å². The van der Waals surface area contributed by atoms with Crippen LogP contribution in [-0.4, -0.2) is 34.2 Å². The number of nitrogens with zero attached hydrogens (tertiary/aromatic N) is 2. The van der Waals surface area contributed by atoms with Crippen LogP contribution in [0.4, 0.5) is 0 Å². The lowest BCUT2D eigenvalue weighted by Crippen LogP contribution is -2.31. The molecule has 0 saturated heterocycles. The van der Waals surface area contributed by atoms with Gasteiger partial charge in [-0.05, 0) is 49.6 Å². The van der Waals surface area contributed by atoms with Gasteiger partial charge in [0.2, 0.25) is 0 Å². The zero-order valence-electron chi connectivity index (χ0n) is 16.6. The van der Waals surface area contributed by atoms with Gasteiger partial charge in [0, 0.05) is 0 Å². The minimum atomic E-state index is -0.473. The van der Waals surface area contributed by atoms with Crippen molar-refractivity contribution in [2.45, 2.75) is 31.8 Å². The highest BCUT2D eigenvalue weighted by Gasteiger charge is 2.13. The van der Waals surface area contributed by atoms with Crippen molar-refractivity contribution in [2.75, 3.05) is 12.4 Å². The van der Waals surface area contributed by atoms with E-state index in [9.17, 15) is 9.59 Å². The Morgan fingerprint density at radius 3 is 2.62 bits per heavy atom. The van der Waals surface area contributed by atoms with E-state index < -0.39 is 5.97 Å². The average Bonchev–Trinajstić information content (AvgIpc) is 2.72. The number of hydrogen-bond acceptors (Lipinski definition) is 6. The first-order valence-electron chi connectivity index (χ1n) is 9.29. The van der Waals surface area contributed by atoms with Gasteiger partial charge in [0.15, 0.2) is 6.61 Å². The molecule has 2 aromatic carbocycles. The van der Waals surface area contributed by atoms with E-state index in [1.807, 2.05) is 63.2 Å². The predicted molar refractivity (Wildman–Crippen MR) is 114 cm³/mol. The van der Waals surface area contributed by atoms with E-state index in [2.05, 4.69) is 15.3 Å². The molecule has 1 N–H and O–H groups in total. The first-order chi connectivity index (χ1) is 13.9. The summed E-state index contributed by atoms with van der Waals surface area (Å²) in [5.74, 6) is -0.744. The summed E-state index contributed by atoms with van der Waals surface area (Å²) in [6.07, 6.45) is 1.62. The Labute approximate surface area is 174 Å². The molecule has 0 bridgehead atoms. The normalized spacial score (nSPS) is 11.8. The summed E-state index contributed by atoms with van der Waals surface area (Å²) in [7, 11) is 0. The van der Waals surface area contributed by atoms with E-state index in [0.29, 0.717) is 5.03 Å². The van der Waals surface area contributed by atoms with Crippen LogP contribution in [0.25, 0.3) is 11.0 Å². The fourth-order valence-corrected chi connectivity index (χ4v) is 3.37. The predicted octanol–water partition coefficient (Wildman–Crippen LogP) is 3.76. The lowest BCUT2D eigenvalue weighted by molar-refractivity contribution is -0.146. The Bertz CT molecular complexity index is 1040. The zero-order chi connectivity index (χ0) is 20.8. The highest BCUT2D eigenvalue weighted by molar-refractivity contribution is 7.99. The minimum Gasteiger partial charge on any atom is -0.455 e. The maximum absolute atomic E-state index is 12.1. The molecule has 6 nitrogen and oxygen atoms in total. The second-order valence-electron chi connectivity index (χ2n) is 6.78. The van der Waals surface area contributed by atoms with E-state index in [1.165, 1.54) is 22.9 Å². The smallest absolute Gasteiger partial charge is 0.316 e. The summed E-state index contributed by atoms with van der Waals surface area (Å²) >= 11 is 1.23. The Kier molecular flexibility index (Phi) is 6.82. The van der Waals surface area contributed by atoms with Gasteiger partial charge in [-0.2, -0.15) is 0 Å². The fraction of sp³-hybridized carbons (Fsp3) is 0.273. The highest BCUT2D eigenvalue weighted by atomic mass is 32.2. The highest BCUT2D eigenvalue weighted by Crippen LogP contribution is 2.18. The quantitative estimate of drug-likeness (QED) is 0.473. The van der Waals surface area contributed by atoms with Gasteiger partial charge in [-0.25, -0.2) is 4.98 Å². The number of nitrogens with one attached hydrogen (secondary N) is 1. The van der Waals surface area contributed by atoms with E-state index in [1.54, 1.807) is 6.20 Å². The van der Waals surface area contributed by atoms with Crippen molar-refractivity contribution < 1.29 is 14.3 Å². The molecular weight excluding hydrogens is 386 g/mol. The molecular formula is C22H23N3O3S. The van der Waals surface area contributed by atoms with Crippen molar-refractivity contribution in [3.8, 4) is 0 Å². The van der Waals surface area contributed by atoms with Gasteiger partial charge in [0.25, 0.3) is 5.91 Å². The molecule has 1 amide bonds. The number of thioether (sulfide) groups is 1. The number of carbonyl (C=O) groups is 2. The number of carbonyl (C=O) groups excluding carboxylic acids is 2. The van der Waals surface area contributed by atoms with Crippen LogP contribution in [0, 0.1) is 13.8 Å². The molecule has 0 aliphatic rings. The number of esters is 1. The van der Waals surface area contributed by atoms with Crippen LogP contribution in [0.15, 0.2) is 53.7 Å². The number of benzene rings is 2. The molecule has 0 spiro atoms. The van der Waals surface area contributed by atoms with Gasteiger partial charge in [-0.3, -0.25) is 14.6 Å². The van der Waals surface area contributed by atoms with E-state index >= 15 is 0 Å². The van der Waals surface area contributed by atoms with E-state index in [4.69, 9.17) is 4.74 Å². The van der Waals surface area contributed by atoms with Crippen LogP contribution in [0.5, 0.6) is 0 Å². The molecule has 29 heavy (non-hydrogen) atoms. The Morgan fingerprint density at radius 2 is 1.86 bits per heavy atom. The molecule has 0 aliphatic heterocycles. The van der Waals surface area contributed by atoms with Crippen LogP contribution >= 0.6 is 11.8 Å². The number of aryl methyl sites for hydroxylation is 2.